The fourth-order valence-corrected chi connectivity index (χ4v) is 4.75. The van der Waals surface area contributed by atoms with Crippen LogP contribution in [-0.2, 0) is 6.54 Å². The SMILES string of the molecule is Cc1cc(CNC(C)(C)C)ccc1C(C)Oc1cc(-c2cnc3ccccn23)sc1C(N)=O. The van der Waals surface area contributed by atoms with Crippen LogP contribution in [0.3, 0.4) is 0 Å². The lowest BCUT2D eigenvalue weighted by atomic mass is 10.0. The van der Waals surface area contributed by atoms with E-state index in [1.165, 1.54) is 16.9 Å². The number of imidazole rings is 1. The Kier molecular flexibility index (Phi) is 6.28. The molecule has 1 amide bonds. The molecule has 1 unspecified atom stereocenters. The van der Waals surface area contributed by atoms with Gasteiger partial charge in [-0.05, 0) is 63.4 Å². The first kappa shape index (κ1) is 23.0. The smallest absolute Gasteiger partial charge is 0.262 e. The number of fused-ring (bicyclic) bond motifs is 1. The molecule has 33 heavy (non-hydrogen) atoms. The highest BCUT2D eigenvalue weighted by molar-refractivity contribution is 7.17. The molecule has 0 aliphatic rings. The summed E-state index contributed by atoms with van der Waals surface area (Å²) in [5, 5.41) is 3.51. The van der Waals surface area contributed by atoms with E-state index in [4.69, 9.17) is 10.5 Å². The van der Waals surface area contributed by atoms with E-state index in [1.54, 1.807) is 6.20 Å². The lowest BCUT2D eigenvalue weighted by Gasteiger charge is -2.22. The predicted molar refractivity (Wildman–Crippen MR) is 134 cm³/mol. The van der Waals surface area contributed by atoms with Crippen LogP contribution in [-0.4, -0.2) is 20.8 Å². The number of nitrogens with zero attached hydrogens (tertiary/aromatic N) is 2. The minimum atomic E-state index is -0.498. The van der Waals surface area contributed by atoms with Gasteiger partial charge in [0.05, 0.1) is 16.8 Å². The van der Waals surface area contributed by atoms with Crippen LogP contribution >= 0.6 is 11.3 Å². The van der Waals surface area contributed by atoms with Gasteiger partial charge in [0.1, 0.15) is 22.4 Å². The van der Waals surface area contributed by atoms with Crippen LogP contribution in [0.5, 0.6) is 5.75 Å². The van der Waals surface area contributed by atoms with Gasteiger partial charge in [0.15, 0.2) is 0 Å². The van der Waals surface area contributed by atoms with Gasteiger partial charge in [0.25, 0.3) is 5.91 Å². The monoisotopic (exact) mass is 462 g/mol. The fourth-order valence-electron chi connectivity index (χ4n) is 3.80. The van der Waals surface area contributed by atoms with Crippen LogP contribution in [0.15, 0.2) is 54.9 Å². The highest BCUT2D eigenvalue weighted by Gasteiger charge is 2.21. The zero-order chi connectivity index (χ0) is 23.8. The molecule has 4 aromatic rings. The standard InChI is InChI=1S/C26H30N4O2S/c1-16-12-18(14-29-26(3,4)5)9-10-19(16)17(2)32-21-13-22(33-24(21)25(27)31)20-15-28-23-8-6-7-11-30(20)23/h6-13,15,17,29H,14H2,1-5H3,(H2,27,31). The van der Waals surface area contributed by atoms with Crippen molar-refractivity contribution in [1.82, 2.24) is 14.7 Å². The second-order valence-corrected chi connectivity index (χ2v) is 10.3. The first-order valence-electron chi connectivity index (χ1n) is 11.0. The van der Waals surface area contributed by atoms with E-state index in [9.17, 15) is 4.79 Å². The highest BCUT2D eigenvalue weighted by atomic mass is 32.1. The first-order valence-corrected chi connectivity index (χ1v) is 11.8. The number of amides is 1. The quantitative estimate of drug-likeness (QED) is 0.380. The number of carbonyl (C=O) groups excluding carboxylic acids is 1. The van der Waals surface area contributed by atoms with E-state index in [2.05, 4.69) is 56.2 Å². The third kappa shape index (κ3) is 5.10. The van der Waals surface area contributed by atoms with E-state index < -0.39 is 5.91 Å². The summed E-state index contributed by atoms with van der Waals surface area (Å²) in [7, 11) is 0. The van der Waals surface area contributed by atoms with Crippen LogP contribution < -0.4 is 15.8 Å². The Hall–Kier alpha value is -3.16. The van der Waals surface area contributed by atoms with Gasteiger partial charge in [-0.15, -0.1) is 11.3 Å². The van der Waals surface area contributed by atoms with Gasteiger partial charge in [-0.1, -0.05) is 24.3 Å². The number of aromatic nitrogens is 2. The Morgan fingerprint density at radius 1 is 1.24 bits per heavy atom. The number of ether oxygens (including phenoxy) is 1. The lowest BCUT2D eigenvalue weighted by molar-refractivity contribution is 0.0998. The van der Waals surface area contributed by atoms with Crippen molar-refractivity contribution in [2.75, 3.05) is 0 Å². The Balaban J connectivity index is 1.59. The molecule has 1 atom stereocenters. The fraction of sp³-hybridized carbons (Fsp3) is 0.308. The van der Waals surface area contributed by atoms with Crippen molar-refractivity contribution in [1.29, 1.82) is 0 Å². The Bertz CT molecular complexity index is 1300. The maximum atomic E-state index is 12.2. The minimum absolute atomic E-state index is 0.0611. The molecule has 0 spiro atoms. The number of nitrogens with one attached hydrogen (secondary N) is 1. The Labute approximate surface area is 198 Å². The summed E-state index contributed by atoms with van der Waals surface area (Å²) >= 11 is 1.32. The van der Waals surface area contributed by atoms with Crippen LogP contribution in [0.4, 0.5) is 0 Å². The van der Waals surface area contributed by atoms with Crippen LogP contribution in [0.2, 0.25) is 0 Å². The van der Waals surface area contributed by atoms with Gasteiger partial charge >= 0.3 is 0 Å². The molecule has 3 heterocycles. The molecule has 6 nitrogen and oxygen atoms in total. The van der Waals surface area contributed by atoms with E-state index in [0.29, 0.717) is 10.6 Å². The summed E-state index contributed by atoms with van der Waals surface area (Å²) < 4.78 is 8.27. The molecule has 0 saturated heterocycles. The van der Waals surface area contributed by atoms with Crippen molar-refractivity contribution >= 4 is 22.9 Å². The molecular formula is C26H30N4O2S. The third-order valence-corrected chi connectivity index (χ3v) is 6.64. The average Bonchev–Trinajstić information content (AvgIpc) is 3.36. The second kappa shape index (κ2) is 9.00. The number of hydrogen-bond acceptors (Lipinski definition) is 5. The normalized spacial score (nSPS) is 12.8. The number of hydrogen-bond donors (Lipinski definition) is 2. The Morgan fingerprint density at radius 2 is 2.03 bits per heavy atom. The summed E-state index contributed by atoms with van der Waals surface area (Å²) in [6, 6.07) is 14.1. The number of thiophene rings is 1. The number of rotatable bonds is 7. The van der Waals surface area contributed by atoms with Gasteiger partial charge in [0.2, 0.25) is 0 Å². The van der Waals surface area contributed by atoms with Crippen LogP contribution in [0.1, 0.15) is 60.2 Å². The molecule has 7 heteroatoms. The molecule has 0 radical (unpaired) electrons. The van der Waals surface area contributed by atoms with Gasteiger partial charge in [-0.25, -0.2) is 4.98 Å². The van der Waals surface area contributed by atoms with E-state index in [1.807, 2.05) is 41.8 Å². The largest absolute Gasteiger partial charge is 0.484 e. The van der Waals surface area contributed by atoms with Gasteiger partial charge < -0.3 is 15.8 Å². The average molecular weight is 463 g/mol. The molecule has 0 aliphatic carbocycles. The lowest BCUT2D eigenvalue weighted by Crippen LogP contribution is -2.35. The van der Waals surface area contributed by atoms with Crippen molar-refractivity contribution < 1.29 is 9.53 Å². The first-order chi connectivity index (χ1) is 15.6. The molecule has 3 N–H and O–H groups in total. The van der Waals surface area contributed by atoms with E-state index in [0.717, 1.165) is 33.9 Å². The van der Waals surface area contributed by atoms with Crippen LogP contribution in [0.25, 0.3) is 16.2 Å². The molecule has 0 fully saturated rings. The maximum absolute atomic E-state index is 12.2. The van der Waals surface area contributed by atoms with Crippen molar-refractivity contribution in [2.24, 2.45) is 5.73 Å². The Morgan fingerprint density at radius 3 is 2.73 bits per heavy atom. The maximum Gasteiger partial charge on any atom is 0.262 e. The van der Waals surface area contributed by atoms with Crippen LogP contribution in [0, 0.1) is 6.92 Å². The molecule has 172 valence electrons. The van der Waals surface area contributed by atoms with E-state index >= 15 is 0 Å². The zero-order valence-corrected chi connectivity index (χ0v) is 20.5. The number of pyridine rings is 1. The number of aryl methyl sites for hydroxylation is 1. The zero-order valence-electron chi connectivity index (χ0n) is 19.7. The molecule has 4 rings (SSSR count). The third-order valence-electron chi connectivity index (χ3n) is 5.49. The number of primary amides is 1. The minimum Gasteiger partial charge on any atom is -0.484 e. The van der Waals surface area contributed by atoms with E-state index in [-0.39, 0.29) is 11.6 Å². The summed E-state index contributed by atoms with van der Waals surface area (Å²) in [4.78, 5) is 17.9. The predicted octanol–water partition coefficient (Wildman–Crippen LogP) is 5.50. The summed E-state index contributed by atoms with van der Waals surface area (Å²) in [5.41, 5.74) is 10.9. The highest BCUT2D eigenvalue weighted by Crippen LogP contribution is 2.38. The summed E-state index contributed by atoms with van der Waals surface area (Å²) in [6.45, 7) is 11.3. The van der Waals surface area contributed by atoms with Gasteiger partial charge in [0, 0.05) is 24.3 Å². The number of nitrogens with two attached hydrogens (primary N) is 1. The van der Waals surface area contributed by atoms with Crippen molar-refractivity contribution in [3.05, 3.63) is 76.4 Å². The summed E-state index contributed by atoms with van der Waals surface area (Å²) in [6.07, 6.45) is 3.51. The van der Waals surface area contributed by atoms with Gasteiger partial charge in [-0.3, -0.25) is 9.20 Å². The molecule has 0 bridgehead atoms. The molecule has 3 aromatic heterocycles. The van der Waals surface area contributed by atoms with Gasteiger partial charge in [-0.2, -0.15) is 0 Å². The molecule has 1 aromatic carbocycles. The van der Waals surface area contributed by atoms with Crippen molar-refractivity contribution in [3.8, 4) is 16.3 Å². The molecular weight excluding hydrogens is 432 g/mol. The second-order valence-electron chi connectivity index (χ2n) is 9.30. The molecule has 0 saturated carbocycles. The number of carbonyl (C=O) groups is 1. The topological polar surface area (TPSA) is 81.7 Å². The van der Waals surface area contributed by atoms with Crippen molar-refractivity contribution in [3.63, 3.8) is 0 Å². The van der Waals surface area contributed by atoms with Crippen molar-refractivity contribution in [2.45, 2.75) is 52.8 Å². The molecule has 0 aliphatic heterocycles. The number of benzene rings is 1. The summed E-state index contributed by atoms with van der Waals surface area (Å²) in [5.74, 6) is 0.00125.